The van der Waals surface area contributed by atoms with Crippen molar-refractivity contribution in [3.05, 3.63) is 51.3 Å². The van der Waals surface area contributed by atoms with Crippen LogP contribution in [0.3, 0.4) is 0 Å². The quantitative estimate of drug-likeness (QED) is 0.943. The zero-order valence-electron chi connectivity index (χ0n) is 11.2. The molecule has 2 rings (SSSR count). The molecular weight excluding hydrogens is 281 g/mol. The lowest BCUT2D eigenvalue weighted by Gasteiger charge is -2.25. The molecule has 2 aromatic rings. The van der Waals surface area contributed by atoms with E-state index in [9.17, 15) is 0 Å². The van der Waals surface area contributed by atoms with E-state index in [-0.39, 0.29) is 0 Å². The second-order valence-corrected chi connectivity index (χ2v) is 5.88. The molecule has 19 heavy (non-hydrogen) atoms. The monoisotopic (exact) mass is 297 g/mol. The summed E-state index contributed by atoms with van der Waals surface area (Å²) in [5.74, 6) is 0. The molecule has 5 heteroatoms. The van der Waals surface area contributed by atoms with E-state index < -0.39 is 5.54 Å². The number of hydrogen-bond donors (Lipinski definition) is 1. The van der Waals surface area contributed by atoms with Crippen molar-refractivity contribution in [2.24, 2.45) is 12.8 Å². The Morgan fingerprint density at radius 1 is 1.37 bits per heavy atom. The van der Waals surface area contributed by atoms with Crippen LogP contribution >= 0.6 is 23.2 Å². The van der Waals surface area contributed by atoms with Gasteiger partial charge in [-0.15, -0.1) is 0 Å². The lowest BCUT2D eigenvalue weighted by atomic mass is 9.87. The molecule has 0 saturated carbocycles. The first kappa shape index (κ1) is 14.4. The molecule has 1 aromatic carbocycles. The Balaban J connectivity index is 2.36. The van der Waals surface area contributed by atoms with Crippen LogP contribution in [0.15, 0.2) is 24.3 Å². The van der Waals surface area contributed by atoms with Gasteiger partial charge in [-0.3, -0.25) is 4.68 Å². The molecule has 0 aliphatic carbocycles. The minimum Gasteiger partial charge on any atom is -0.321 e. The maximum Gasteiger partial charge on any atom is 0.130 e. The van der Waals surface area contributed by atoms with Crippen molar-refractivity contribution in [2.75, 3.05) is 0 Å². The summed E-state index contributed by atoms with van der Waals surface area (Å²) in [4.78, 5) is 0. The zero-order valence-corrected chi connectivity index (χ0v) is 12.8. The third-order valence-corrected chi connectivity index (χ3v) is 4.01. The largest absolute Gasteiger partial charge is 0.321 e. The van der Waals surface area contributed by atoms with E-state index in [1.807, 2.05) is 45.2 Å². The van der Waals surface area contributed by atoms with E-state index in [1.54, 1.807) is 4.68 Å². The van der Waals surface area contributed by atoms with Crippen molar-refractivity contribution in [1.82, 2.24) is 9.78 Å². The van der Waals surface area contributed by atoms with Gasteiger partial charge in [-0.1, -0.05) is 35.3 Å². The van der Waals surface area contributed by atoms with E-state index in [0.29, 0.717) is 16.6 Å². The summed E-state index contributed by atoms with van der Waals surface area (Å²) in [7, 11) is 1.83. The fraction of sp³-hybridized carbons (Fsp3) is 0.357. The van der Waals surface area contributed by atoms with Crippen molar-refractivity contribution in [2.45, 2.75) is 25.8 Å². The normalized spacial score (nSPS) is 14.4. The first-order valence-electron chi connectivity index (χ1n) is 6.04. The van der Waals surface area contributed by atoms with Crippen LogP contribution in [-0.2, 0) is 19.0 Å². The molecule has 1 unspecified atom stereocenters. The Labute approximate surface area is 123 Å². The molecule has 0 radical (unpaired) electrons. The van der Waals surface area contributed by atoms with Crippen molar-refractivity contribution in [3.8, 4) is 0 Å². The first-order valence-corrected chi connectivity index (χ1v) is 6.80. The van der Waals surface area contributed by atoms with E-state index >= 15 is 0 Å². The lowest BCUT2D eigenvalue weighted by Crippen LogP contribution is -2.35. The van der Waals surface area contributed by atoms with Gasteiger partial charge in [-0.25, -0.2) is 0 Å². The lowest BCUT2D eigenvalue weighted by molar-refractivity contribution is 0.490. The molecule has 1 aromatic heterocycles. The Morgan fingerprint density at radius 3 is 2.58 bits per heavy atom. The summed E-state index contributed by atoms with van der Waals surface area (Å²) in [5.41, 5.74) is 8.77. The third-order valence-electron chi connectivity index (χ3n) is 3.30. The SMILES string of the molecule is Cc1nn(C)c(Cl)c1CC(C)(N)c1cccc(Cl)c1. The van der Waals surface area contributed by atoms with Gasteiger partial charge in [-0.2, -0.15) is 5.10 Å². The van der Waals surface area contributed by atoms with Crippen molar-refractivity contribution in [3.63, 3.8) is 0 Å². The van der Waals surface area contributed by atoms with Gasteiger partial charge >= 0.3 is 0 Å². The predicted octanol–water partition coefficient (Wildman–Crippen LogP) is 3.45. The van der Waals surface area contributed by atoms with Crippen molar-refractivity contribution >= 4 is 23.2 Å². The number of aryl methyl sites for hydroxylation is 2. The van der Waals surface area contributed by atoms with Gasteiger partial charge in [0.15, 0.2) is 0 Å². The smallest absolute Gasteiger partial charge is 0.130 e. The highest BCUT2D eigenvalue weighted by Gasteiger charge is 2.25. The summed E-state index contributed by atoms with van der Waals surface area (Å²) < 4.78 is 1.67. The van der Waals surface area contributed by atoms with Gasteiger partial charge in [-0.05, 0) is 38.0 Å². The molecule has 2 N–H and O–H groups in total. The fourth-order valence-corrected chi connectivity index (χ4v) is 2.62. The average Bonchev–Trinajstić information content (AvgIpc) is 2.56. The number of nitrogens with zero attached hydrogens (tertiary/aromatic N) is 2. The molecule has 102 valence electrons. The predicted molar refractivity (Wildman–Crippen MR) is 79.7 cm³/mol. The molecule has 0 bridgehead atoms. The van der Waals surface area contributed by atoms with Crippen LogP contribution < -0.4 is 5.73 Å². The van der Waals surface area contributed by atoms with Crippen LogP contribution in [0.4, 0.5) is 0 Å². The fourth-order valence-electron chi connectivity index (χ4n) is 2.19. The maximum atomic E-state index is 6.43. The Hall–Kier alpha value is -1.03. The van der Waals surface area contributed by atoms with Crippen molar-refractivity contribution in [1.29, 1.82) is 0 Å². The van der Waals surface area contributed by atoms with Crippen LogP contribution in [0.5, 0.6) is 0 Å². The van der Waals surface area contributed by atoms with Gasteiger partial charge in [0.2, 0.25) is 0 Å². The number of hydrogen-bond acceptors (Lipinski definition) is 2. The minimum atomic E-state index is -0.539. The standard InChI is InChI=1S/C14H17Cl2N3/c1-9-12(13(16)19(3)18-9)8-14(2,17)10-5-4-6-11(15)7-10/h4-7H,8,17H2,1-3H3. The van der Waals surface area contributed by atoms with Crippen LogP contribution in [0.2, 0.25) is 10.2 Å². The second kappa shape index (κ2) is 5.16. The molecule has 1 atom stereocenters. The molecule has 0 aliphatic heterocycles. The maximum absolute atomic E-state index is 6.43. The van der Waals surface area contributed by atoms with Gasteiger partial charge in [0.1, 0.15) is 5.15 Å². The highest BCUT2D eigenvalue weighted by molar-refractivity contribution is 6.30. The Bertz CT molecular complexity index is 603. The van der Waals surface area contributed by atoms with E-state index in [1.165, 1.54) is 0 Å². The van der Waals surface area contributed by atoms with Crippen LogP contribution in [-0.4, -0.2) is 9.78 Å². The number of nitrogens with two attached hydrogens (primary N) is 1. The molecule has 0 spiro atoms. The minimum absolute atomic E-state index is 0.539. The molecular formula is C14H17Cl2N3. The van der Waals surface area contributed by atoms with Crippen molar-refractivity contribution < 1.29 is 0 Å². The summed E-state index contributed by atoms with van der Waals surface area (Å²) in [5, 5.41) is 5.63. The molecule has 0 aliphatic rings. The summed E-state index contributed by atoms with van der Waals surface area (Å²) in [6.07, 6.45) is 0.617. The number of rotatable bonds is 3. The van der Waals surface area contributed by atoms with Gasteiger partial charge < -0.3 is 5.73 Å². The average molecular weight is 298 g/mol. The van der Waals surface area contributed by atoms with E-state index in [2.05, 4.69) is 5.10 Å². The zero-order chi connectivity index (χ0) is 14.2. The molecule has 0 saturated heterocycles. The highest BCUT2D eigenvalue weighted by atomic mass is 35.5. The number of benzene rings is 1. The van der Waals surface area contributed by atoms with Crippen LogP contribution in [0, 0.1) is 6.92 Å². The first-order chi connectivity index (χ1) is 8.81. The Kier molecular flexibility index (Phi) is 3.90. The van der Waals surface area contributed by atoms with Gasteiger partial charge in [0.25, 0.3) is 0 Å². The molecule has 0 amide bonds. The molecule has 0 fully saturated rings. The van der Waals surface area contributed by atoms with E-state index in [4.69, 9.17) is 28.9 Å². The Morgan fingerprint density at radius 2 is 2.05 bits per heavy atom. The van der Waals surface area contributed by atoms with E-state index in [0.717, 1.165) is 16.8 Å². The second-order valence-electron chi connectivity index (χ2n) is 5.08. The topological polar surface area (TPSA) is 43.8 Å². The van der Waals surface area contributed by atoms with Gasteiger partial charge in [0, 0.05) is 23.2 Å². The summed E-state index contributed by atoms with van der Waals surface area (Å²) >= 11 is 12.3. The van der Waals surface area contributed by atoms with Crippen LogP contribution in [0.25, 0.3) is 0 Å². The third kappa shape index (κ3) is 2.94. The summed E-state index contributed by atoms with van der Waals surface area (Å²) in [6, 6.07) is 7.61. The number of aromatic nitrogens is 2. The highest BCUT2D eigenvalue weighted by Crippen LogP contribution is 2.29. The summed E-state index contributed by atoms with van der Waals surface area (Å²) in [6.45, 7) is 3.91. The van der Waals surface area contributed by atoms with Crippen LogP contribution in [0.1, 0.15) is 23.7 Å². The molecule has 3 nitrogen and oxygen atoms in total. The molecule has 1 heterocycles. The van der Waals surface area contributed by atoms with Gasteiger partial charge in [0.05, 0.1) is 5.69 Å². The number of halogens is 2.